The predicted octanol–water partition coefficient (Wildman–Crippen LogP) is 2.69. The molecule has 0 spiro atoms. The summed E-state index contributed by atoms with van der Waals surface area (Å²) in [6.07, 6.45) is 0. The number of hydrogen-bond donors (Lipinski definition) is 2. The fourth-order valence-electron chi connectivity index (χ4n) is 2.10. The number of aliphatic hydroxyl groups is 1. The zero-order valence-corrected chi connectivity index (χ0v) is 12.0. The second-order valence-corrected chi connectivity index (χ2v) is 5.10. The van der Waals surface area contributed by atoms with Crippen LogP contribution in [0.1, 0.15) is 18.1 Å². The highest BCUT2D eigenvalue weighted by molar-refractivity contribution is 5.31. The molecular weight excluding hydrogens is 250 g/mol. The number of ether oxygens (including phenoxy) is 1. The van der Waals surface area contributed by atoms with E-state index in [-0.39, 0.29) is 0 Å². The maximum Gasteiger partial charge on any atom is 0.119 e. The second-order valence-electron chi connectivity index (χ2n) is 5.10. The molecule has 2 N–H and O–H groups in total. The number of nitrogens with one attached hydrogen (secondary N) is 1. The van der Waals surface area contributed by atoms with Crippen molar-refractivity contribution in [1.29, 1.82) is 0 Å². The third kappa shape index (κ3) is 3.83. The smallest absolute Gasteiger partial charge is 0.119 e. The Hall–Kier alpha value is -1.84. The Balaban J connectivity index is 1.98. The molecule has 0 aliphatic carbocycles. The quantitative estimate of drug-likeness (QED) is 0.849. The first-order valence-corrected chi connectivity index (χ1v) is 6.76. The van der Waals surface area contributed by atoms with Gasteiger partial charge in [-0.1, -0.05) is 42.5 Å². The Bertz CT molecular complexity index is 520. The number of hydrogen-bond acceptors (Lipinski definition) is 3. The first kappa shape index (κ1) is 14.6. The lowest BCUT2D eigenvalue weighted by Crippen LogP contribution is -2.33. The molecule has 0 saturated carbocycles. The molecule has 0 saturated heterocycles. The Morgan fingerprint density at radius 2 is 1.70 bits per heavy atom. The van der Waals surface area contributed by atoms with E-state index < -0.39 is 5.60 Å². The summed E-state index contributed by atoms with van der Waals surface area (Å²) in [7, 11) is 1.83. The van der Waals surface area contributed by atoms with E-state index in [4.69, 9.17) is 4.74 Å². The maximum atomic E-state index is 10.3. The second kappa shape index (κ2) is 6.55. The van der Waals surface area contributed by atoms with Gasteiger partial charge in [0, 0.05) is 6.54 Å². The van der Waals surface area contributed by atoms with Gasteiger partial charge in [-0.2, -0.15) is 0 Å². The van der Waals surface area contributed by atoms with Crippen molar-refractivity contribution in [2.75, 3.05) is 13.6 Å². The van der Waals surface area contributed by atoms with Gasteiger partial charge in [-0.05, 0) is 37.2 Å². The first-order valence-electron chi connectivity index (χ1n) is 6.76. The molecule has 3 nitrogen and oxygen atoms in total. The molecule has 0 heterocycles. The molecule has 20 heavy (non-hydrogen) atoms. The maximum absolute atomic E-state index is 10.3. The number of likely N-dealkylation sites (N-methyl/N-ethyl adjacent to an activating group) is 1. The molecular formula is C17H21NO2. The molecule has 0 radical (unpaired) electrons. The molecule has 0 aliphatic rings. The van der Waals surface area contributed by atoms with E-state index in [1.807, 2.05) is 61.6 Å². The minimum atomic E-state index is -0.868. The summed E-state index contributed by atoms with van der Waals surface area (Å²) < 4.78 is 5.72. The highest BCUT2D eigenvalue weighted by Gasteiger charge is 2.21. The molecule has 0 bridgehead atoms. The van der Waals surface area contributed by atoms with Crippen LogP contribution in [0.15, 0.2) is 54.6 Å². The van der Waals surface area contributed by atoms with E-state index in [0.29, 0.717) is 13.2 Å². The third-order valence-corrected chi connectivity index (χ3v) is 3.25. The van der Waals surface area contributed by atoms with Gasteiger partial charge >= 0.3 is 0 Å². The molecule has 2 aromatic carbocycles. The van der Waals surface area contributed by atoms with Crippen molar-refractivity contribution in [1.82, 2.24) is 5.32 Å². The Labute approximate surface area is 120 Å². The lowest BCUT2D eigenvalue weighted by Gasteiger charge is -2.23. The minimum Gasteiger partial charge on any atom is -0.489 e. The molecule has 0 aromatic heterocycles. The average molecular weight is 271 g/mol. The van der Waals surface area contributed by atoms with Gasteiger partial charge in [-0.15, -0.1) is 0 Å². The number of benzene rings is 2. The molecule has 1 unspecified atom stereocenters. The van der Waals surface area contributed by atoms with Crippen molar-refractivity contribution in [2.45, 2.75) is 19.1 Å². The standard InChI is InChI=1S/C17H21NO2/c1-17(19,13-18-2)15-8-10-16(11-9-15)20-12-14-6-4-3-5-7-14/h3-11,18-19H,12-13H2,1-2H3. The zero-order valence-electron chi connectivity index (χ0n) is 12.0. The van der Waals surface area contributed by atoms with Gasteiger partial charge < -0.3 is 15.2 Å². The predicted molar refractivity (Wildman–Crippen MR) is 80.7 cm³/mol. The van der Waals surface area contributed by atoms with Crippen LogP contribution in [0.2, 0.25) is 0 Å². The molecule has 0 amide bonds. The lowest BCUT2D eigenvalue weighted by atomic mass is 9.96. The van der Waals surface area contributed by atoms with Crippen LogP contribution in [-0.4, -0.2) is 18.7 Å². The van der Waals surface area contributed by atoms with Crippen LogP contribution in [0, 0.1) is 0 Å². The van der Waals surface area contributed by atoms with Crippen LogP contribution in [0.4, 0.5) is 0 Å². The van der Waals surface area contributed by atoms with Gasteiger partial charge in [0.25, 0.3) is 0 Å². The minimum absolute atomic E-state index is 0.511. The van der Waals surface area contributed by atoms with E-state index in [1.54, 1.807) is 6.92 Å². The number of rotatable bonds is 6. The third-order valence-electron chi connectivity index (χ3n) is 3.25. The first-order chi connectivity index (χ1) is 9.62. The van der Waals surface area contributed by atoms with Crippen molar-refractivity contribution >= 4 is 0 Å². The van der Waals surface area contributed by atoms with E-state index in [2.05, 4.69) is 5.32 Å². The van der Waals surface area contributed by atoms with Crippen LogP contribution >= 0.6 is 0 Å². The summed E-state index contributed by atoms with van der Waals surface area (Å²) >= 11 is 0. The normalized spacial score (nSPS) is 13.8. The van der Waals surface area contributed by atoms with Crippen LogP contribution in [0.3, 0.4) is 0 Å². The Morgan fingerprint density at radius 3 is 2.30 bits per heavy atom. The van der Waals surface area contributed by atoms with Gasteiger partial charge in [-0.3, -0.25) is 0 Å². The topological polar surface area (TPSA) is 41.5 Å². The molecule has 2 aromatic rings. The molecule has 106 valence electrons. The Morgan fingerprint density at radius 1 is 1.05 bits per heavy atom. The van der Waals surface area contributed by atoms with E-state index in [9.17, 15) is 5.11 Å². The van der Waals surface area contributed by atoms with E-state index in [0.717, 1.165) is 16.9 Å². The summed E-state index contributed by atoms with van der Waals surface area (Å²) in [6, 6.07) is 17.6. The fraction of sp³-hybridized carbons (Fsp3) is 0.294. The van der Waals surface area contributed by atoms with Crippen LogP contribution in [-0.2, 0) is 12.2 Å². The highest BCUT2D eigenvalue weighted by atomic mass is 16.5. The van der Waals surface area contributed by atoms with Gasteiger partial charge in [0.1, 0.15) is 12.4 Å². The highest BCUT2D eigenvalue weighted by Crippen LogP contribution is 2.23. The van der Waals surface area contributed by atoms with E-state index >= 15 is 0 Å². The molecule has 3 heteroatoms. The fourth-order valence-corrected chi connectivity index (χ4v) is 2.10. The summed E-state index contributed by atoms with van der Waals surface area (Å²) in [4.78, 5) is 0. The lowest BCUT2D eigenvalue weighted by molar-refractivity contribution is 0.0591. The summed E-state index contributed by atoms with van der Waals surface area (Å²) in [5, 5.41) is 13.3. The largest absolute Gasteiger partial charge is 0.489 e. The van der Waals surface area contributed by atoms with Crippen LogP contribution in [0.5, 0.6) is 5.75 Å². The summed E-state index contributed by atoms with van der Waals surface area (Å²) in [5.41, 5.74) is 1.14. The summed E-state index contributed by atoms with van der Waals surface area (Å²) in [6.45, 7) is 2.85. The van der Waals surface area contributed by atoms with Crippen molar-refractivity contribution < 1.29 is 9.84 Å². The van der Waals surface area contributed by atoms with Gasteiger partial charge in [0.15, 0.2) is 0 Å². The van der Waals surface area contributed by atoms with E-state index in [1.165, 1.54) is 0 Å². The van der Waals surface area contributed by atoms with Crippen LogP contribution < -0.4 is 10.1 Å². The van der Waals surface area contributed by atoms with Crippen molar-refractivity contribution in [3.05, 3.63) is 65.7 Å². The van der Waals surface area contributed by atoms with Crippen LogP contribution in [0.25, 0.3) is 0 Å². The molecule has 1 atom stereocenters. The molecule has 0 fully saturated rings. The SMILES string of the molecule is CNCC(C)(O)c1ccc(OCc2ccccc2)cc1. The van der Waals surface area contributed by atoms with Gasteiger partial charge in [0.05, 0.1) is 5.60 Å². The monoisotopic (exact) mass is 271 g/mol. The van der Waals surface area contributed by atoms with Crippen molar-refractivity contribution in [3.63, 3.8) is 0 Å². The molecule has 0 aliphatic heterocycles. The summed E-state index contributed by atoms with van der Waals surface area (Å²) in [5.74, 6) is 0.804. The van der Waals surface area contributed by atoms with Crippen molar-refractivity contribution in [2.24, 2.45) is 0 Å². The molecule has 2 rings (SSSR count). The zero-order chi connectivity index (χ0) is 14.4. The van der Waals surface area contributed by atoms with Crippen molar-refractivity contribution in [3.8, 4) is 5.75 Å². The average Bonchev–Trinajstić information content (AvgIpc) is 2.47. The van der Waals surface area contributed by atoms with Gasteiger partial charge in [-0.25, -0.2) is 0 Å². The Kier molecular flexibility index (Phi) is 4.77. The van der Waals surface area contributed by atoms with Gasteiger partial charge in [0.2, 0.25) is 0 Å².